The molecule has 1 unspecified atom stereocenters. The predicted octanol–water partition coefficient (Wildman–Crippen LogP) is 3.36. The van der Waals surface area contributed by atoms with Crippen LogP contribution >= 0.6 is 0 Å². The smallest absolute Gasteiger partial charge is 0.294 e. The topological polar surface area (TPSA) is 103 Å². The van der Waals surface area contributed by atoms with Crippen LogP contribution in [0.1, 0.15) is 34.8 Å². The minimum absolute atomic E-state index is 0.0209. The van der Waals surface area contributed by atoms with Crippen LogP contribution in [0.4, 0.5) is 5.69 Å². The molecule has 1 aliphatic heterocycles. The van der Waals surface area contributed by atoms with Crippen molar-refractivity contribution in [3.8, 4) is 11.4 Å². The normalized spacial score (nSPS) is 14.8. The molecule has 1 amide bonds. The van der Waals surface area contributed by atoms with Crippen LogP contribution < -0.4 is 10.1 Å². The van der Waals surface area contributed by atoms with E-state index in [0.29, 0.717) is 12.2 Å². The fourth-order valence-electron chi connectivity index (χ4n) is 4.06. The number of amides is 1. The molecule has 1 fully saturated rings. The van der Waals surface area contributed by atoms with Gasteiger partial charge in [-0.05, 0) is 55.8 Å². The number of nitrogens with zero attached hydrogens (tertiary/aromatic N) is 4. The maximum Gasteiger partial charge on any atom is 0.294 e. The van der Waals surface area contributed by atoms with Gasteiger partial charge in [0, 0.05) is 30.6 Å². The summed E-state index contributed by atoms with van der Waals surface area (Å²) in [4.78, 5) is 30.3. The number of nitrogens with one attached hydrogen (secondary N) is 1. The summed E-state index contributed by atoms with van der Waals surface area (Å²) in [6, 6.07) is 12.3. The van der Waals surface area contributed by atoms with Crippen molar-refractivity contribution in [2.24, 2.45) is 0 Å². The molecule has 32 heavy (non-hydrogen) atoms. The first-order valence-electron chi connectivity index (χ1n) is 10.5. The highest BCUT2D eigenvalue weighted by atomic mass is 16.6. The number of benzene rings is 2. The lowest BCUT2D eigenvalue weighted by Gasteiger charge is -2.28. The third-order valence-corrected chi connectivity index (χ3v) is 5.75. The molecule has 0 saturated carbocycles. The van der Waals surface area contributed by atoms with Gasteiger partial charge in [0.05, 0.1) is 24.4 Å². The first-order valence-corrected chi connectivity index (χ1v) is 10.5. The van der Waals surface area contributed by atoms with Gasteiger partial charge >= 0.3 is 0 Å². The molecule has 1 saturated heterocycles. The molecule has 0 aliphatic carbocycles. The number of aromatic nitrogens is 2. The first-order chi connectivity index (χ1) is 15.6. The Balaban J connectivity index is 1.52. The number of imidazole rings is 1. The minimum atomic E-state index is -0.490. The van der Waals surface area contributed by atoms with E-state index in [1.165, 1.54) is 12.4 Å². The zero-order valence-electron chi connectivity index (χ0n) is 17.8. The van der Waals surface area contributed by atoms with Crippen molar-refractivity contribution in [3.63, 3.8) is 0 Å². The van der Waals surface area contributed by atoms with Gasteiger partial charge in [-0.2, -0.15) is 0 Å². The second-order valence-electron chi connectivity index (χ2n) is 7.67. The highest BCUT2D eigenvalue weighted by Gasteiger charge is 2.25. The highest BCUT2D eigenvalue weighted by Crippen LogP contribution is 2.27. The van der Waals surface area contributed by atoms with Crippen LogP contribution in [0, 0.1) is 10.1 Å². The third-order valence-electron chi connectivity index (χ3n) is 5.75. The number of methoxy groups -OCH3 is 1. The highest BCUT2D eigenvalue weighted by molar-refractivity contribution is 5.95. The summed E-state index contributed by atoms with van der Waals surface area (Å²) >= 11 is 0. The van der Waals surface area contributed by atoms with E-state index in [9.17, 15) is 14.9 Å². The molecule has 1 aromatic heterocycles. The first kappa shape index (κ1) is 21.5. The van der Waals surface area contributed by atoms with Gasteiger partial charge in [-0.15, -0.1) is 0 Å². The molecule has 166 valence electrons. The lowest BCUT2D eigenvalue weighted by molar-refractivity contribution is -0.384. The van der Waals surface area contributed by atoms with Crippen LogP contribution in [0.25, 0.3) is 5.69 Å². The maximum absolute atomic E-state index is 12.9. The van der Waals surface area contributed by atoms with Gasteiger partial charge in [0.2, 0.25) is 0 Å². The van der Waals surface area contributed by atoms with Crippen LogP contribution in [-0.2, 0) is 0 Å². The largest absolute Gasteiger partial charge is 0.497 e. The number of hydrogen-bond donors (Lipinski definition) is 1. The molecule has 1 N–H and O–H groups in total. The Bertz CT molecular complexity index is 1080. The quantitative estimate of drug-likeness (QED) is 0.430. The molecule has 0 radical (unpaired) electrons. The van der Waals surface area contributed by atoms with Crippen molar-refractivity contribution in [1.82, 2.24) is 19.8 Å². The molecule has 2 aromatic carbocycles. The number of carbonyl (C=O) groups excluding carboxylic acids is 1. The number of carbonyl (C=O) groups is 1. The molecule has 3 aromatic rings. The summed E-state index contributed by atoms with van der Waals surface area (Å²) < 4.78 is 6.80. The zero-order chi connectivity index (χ0) is 22.5. The molecule has 2 heterocycles. The van der Waals surface area contributed by atoms with E-state index in [4.69, 9.17) is 4.74 Å². The number of rotatable bonds is 8. The molecule has 4 rings (SSSR count). The lowest BCUT2D eigenvalue weighted by atomic mass is 10.0. The van der Waals surface area contributed by atoms with Gasteiger partial charge in [0.25, 0.3) is 11.6 Å². The molecule has 0 bridgehead atoms. The second kappa shape index (κ2) is 9.61. The molecule has 9 nitrogen and oxygen atoms in total. The van der Waals surface area contributed by atoms with Gasteiger partial charge in [0.15, 0.2) is 0 Å². The van der Waals surface area contributed by atoms with E-state index in [1.54, 1.807) is 36.2 Å². The predicted molar refractivity (Wildman–Crippen MR) is 119 cm³/mol. The summed E-state index contributed by atoms with van der Waals surface area (Å²) in [7, 11) is 1.63. The molecule has 1 atom stereocenters. The third kappa shape index (κ3) is 4.62. The van der Waals surface area contributed by atoms with Crippen molar-refractivity contribution < 1.29 is 14.5 Å². The zero-order valence-corrected chi connectivity index (χ0v) is 17.8. The Labute approximate surface area is 185 Å². The summed E-state index contributed by atoms with van der Waals surface area (Å²) in [6.07, 6.45) is 6.90. The van der Waals surface area contributed by atoms with E-state index in [0.717, 1.165) is 37.2 Å². The molecule has 0 spiro atoms. The van der Waals surface area contributed by atoms with E-state index < -0.39 is 4.92 Å². The Hall–Kier alpha value is -3.72. The number of hydrogen-bond acceptors (Lipinski definition) is 6. The van der Waals surface area contributed by atoms with Gasteiger partial charge in [-0.1, -0.05) is 12.1 Å². The average Bonchev–Trinajstić information content (AvgIpc) is 3.54. The maximum atomic E-state index is 12.9. The van der Waals surface area contributed by atoms with Crippen LogP contribution in [0.15, 0.2) is 61.2 Å². The van der Waals surface area contributed by atoms with Gasteiger partial charge in [-0.3, -0.25) is 19.8 Å². The minimum Gasteiger partial charge on any atom is -0.497 e. The Morgan fingerprint density at radius 1 is 1.22 bits per heavy atom. The summed E-state index contributed by atoms with van der Waals surface area (Å²) in [5.41, 5.74) is 1.55. The summed E-state index contributed by atoms with van der Waals surface area (Å²) in [5.74, 6) is 0.436. The van der Waals surface area contributed by atoms with Gasteiger partial charge in [0.1, 0.15) is 11.4 Å². The summed E-state index contributed by atoms with van der Waals surface area (Å²) in [6.45, 7) is 2.34. The average molecular weight is 435 g/mol. The number of likely N-dealkylation sites (tertiary alicyclic amines) is 1. The van der Waals surface area contributed by atoms with E-state index in [-0.39, 0.29) is 23.2 Å². The number of nitro benzene ring substituents is 1. The van der Waals surface area contributed by atoms with Crippen molar-refractivity contribution >= 4 is 11.6 Å². The van der Waals surface area contributed by atoms with Crippen molar-refractivity contribution in [1.29, 1.82) is 0 Å². The van der Waals surface area contributed by atoms with Crippen LogP contribution in [-0.4, -0.2) is 52.0 Å². The number of nitro groups is 1. The van der Waals surface area contributed by atoms with Crippen molar-refractivity contribution in [2.75, 3.05) is 26.7 Å². The summed E-state index contributed by atoms with van der Waals surface area (Å²) in [5, 5.41) is 14.6. The number of ether oxygens (including phenoxy) is 1. The Kier molecular flexibility index (Phi) is 6.46. The molecular formula is C23H25N5O4. The van der Waals surface area contributed by atoms with Gasteiger partial charge in [-0.25, -0.2) is 4.98 Å². The second-order valence-corrected chi connectivity index (χ2v) is 7.67. The van der Waals surface area contributed by atoms with Crippen LogP contribution in [0.5, 0.6) is 5.75 Å². The fraction of sp³-hybridized carbons (Fsp3) is 0.304. The molecule has 1 aliphatic rings. The Morgan fingerprint density at radius 3 is 2.59 bits per heavy atom. The van der Waals surface area contributed by atoms with Crippen LogP contribution in [0.2, 0.25) is 0 Å². The van der Waals surface area contributed by atoms with E-state index in [1.807, 2.05) is 24.3 Å². The molecular weight excluding hydrogens is 410 g/mol. The van der Waals surface area contributed by atoms with E-state index >= 15 is 0 Å². The van der Waals surface area contributed by atoms with Crippen LogP contribution in [0.3, 0.4) is 0 Å². The fourth-order valence-corrected chi connectivity index (χ4v) is 4.06. The van der Waals surface area contributed by atoms with Gasteiger partial charge < -0.3 is 14.6 Å². The monoisotopic (exact) mass is 435 g/mol. The van der Waals surface area contributed by atoms with Crippen molar-refractivity contribution in [2.45, 2.75) is 18.9 Å². The van der Waals surface area contributed by atoms with Crippen molar-refractivity contribution in [3.05, 3.63) is 82.4 Å². The lowest BCUT2D eigenvalue weighted by Crippen LogP contribution is -2.36. The SMILES string of the molecule is COc1ccc(C(CNC(=O)c2ccc(-n3ccnc3)c([N+](=O)[O-])c2)N2CCCC2)cc1. The van der Waals surface area contributed by atoms with E-state index in [2.05, 4.69) is 15.2 Å². The Morgan fingerprint density at radius 2 is 1.97 bits per heavy atom. The standard InChI is InChI=1S/C23H25N5O4/c1-32-19-7-4-17(5-8-19)22(26-11-2-3-12-26)15-25-23(29)18-6-9-20(21(14-18)28(30)31)27-13-10-24-16-27/h4-10,13-14,16,22H,2-3,11-12,15H2,1H3,(H,25,29). The molecule has 9 heteroatoms.